The molecule has 6 heteroatoms. The van der Waals surface area contributed by atoms with E-state index in [1.165, 1.54) is 6.07 Å². The number of fused-ring (bicyclic) bond motifs is 1. The number of amides is 2. The zero-order chi connectivity index (χ0) is 14.8. The largest absolute Gasteiger partial charge is 0.478 e. The first-order valence-corrected chi connectivity index (χ1v) is 6.17. The predicted octanol–water partition coefficient (Wildman–Crippen LogP) is 1.67. The molecule has 2 unspecified atom stereocenters. The lowest BCUT2D eigenvalue weighted by atomic mass is 10.0. The van der Waals surface area contributed by atoms with Crippen LogP contribution in [-0.2, 0) is 9.59 Å². The lowest BCUT2D eigenvalue weighted by Crippen LogP contribution is -2.36. The number of piperidine rings is 1. The highest BCUT2D eigenvalue weighted by Crippen LogP contribution is 2.63. The Labute approximate surface area is 114 Å². The number of hydrogen-bond acceptors (Lipinski definition) is 3. The van der Waals surface area contributed by atoms with E-state index in [4.69, 9.17) is 5.11 Å². The molecule has 0 spiro atoms. The summed E-state index contributed by atoms with van der Waals surface area (Å²) in [6.45, 7) is 3.70. The van der Waals surface area contributed by atoms with E-state index in [1.807, 2.05) is 13.8 Å². The number of rotatable bonds is 2. The number of imide groups is 1. The number of carboxylic acids is 1. The van der Waals surface area contributed by atoms with Gasteiger partial charge in [-0.05, 0) is 23.6 Å². The van der Waals surface area contributed by atoms with Crippen molar-refractivity contribution in [2.75, 3.05) is 4.90 Å². The maximum Gasteiger partial charge on any atom is 0.338 e. The smallest absolute Gasteiger partial charge is 0.338 e. The van der Waals surface area contributed by atoms with Gasteiger partial charge >= 0.3 is 5.97 Å². The molecule has 1 N–H and O–H groups in total. The van der Waals surface area contributed by atoms with Gasteiger partial charge in [-0.3, -0.25) is 9.59 Å². The van der Waals surface area contributed by atoms with Crippen molar-refractivity contribution < 1.29 is 23.9 Å². The first-order valence-electron chi connectivity index (χ1n) is 6.17. The van der Waals surface area contributed by atoms with Crippen molar-refractivity contribution in [3.63, 3.8) is 0 Å². The van der Waals surface area contributed by atoms with Crippen LogP contribution in [0.4, 0.5) is 10.1 Å². The Hall–Kier alpha value is -2.24. The van der Waals surface area contributed by atoms with Crippen LogP contribution in [0.3, 0.4) is 0 Å². The maximum atomic E-state index is 13.3. The summed E-state index contributed by atoms with van der Waals surface area (Å²) in [4.78, 5) is 36.3. The summed E-state index contributed by atoms with van der Waals surface area (Å²) in [5.41, 5.74) is -0.773. The summed E-state index contributed by atoms with van der Waals surface area (Å²) in [6.07, 6.45) is 0. The standard InChI is InChI=1S/C14H12FNO4/c1-14(2)9-10(14)12(18)16(11(9)17)6-3-4-8(15)7(5-6)13(19)20/h3-5,9-10H,1-2H3,(H,19,20). The fourth-order valence-corrected chi connectivity index (χ4v) is 3.02. The minimum Gasteiger partial charge on any atom is -0.478 e. The second kappa shape index (κ2) is 3.65. The van der Waals surface area contributed by atoms with E-state index in [2.05, 4.69) is 0 Å². The molecule has 2 aliphatic rings. The van der Waals surface area contributed by atoms with Gasteiger partial charge < -0.3 is 5.11 Å². The van der Waals surface area contributed by atoms with E-state index in [-0.39, 0.29) is 34.8 Å². The van der Waals surface area contributed by atoms with Crippen molar-refractivity contribution in [2.24, 2.45) is 17.3 Å². The minimum atomic E-state index is -1.44. The molecule has 1 saturated carbocycles. The Bertz CT molecular complexity index is 643. The van der Waals surface area contributed by atoms with Gasteiger partial charge in [0.25, 0.3) is 0 Å². The average Bonchev–Trinajstić information content (AvgIpc) is 2.81. The molecule has 0 bridgehead atoms. The molecule has 1 saturated heterocycles. The second-order valence-corrected chi connectivity index (χ2v) is 5.76. The van der Waals surface area contributed by atoms with E-state index in [9.17, 15) is 18.8 Å². The number of hydrogen-bond donors (Lipinski definition) is 1. The van der Waals surface area contributed by atoms with E-state index in [0.717, 1.165) is 17.0 Å². The molecule has 1 heterocycles. The van der Waals surface area contributed by atoms with Crippen molar-refractivity contribution in [2.45, 2.75) is 13.8 Å². The highest BCUT2D eigenvalue weighted by molar-refractivity contribution is 6.25. The molecule has 1 aliphatic heterocycles. The summed E-state index contributed by atoms with van der Waals surface area (Å²) in [5, 5.41) is 8.88. The predicted molar refractivity (Wildman–Crippen MR) is 66.6 cm³/mol. The minimum absolute atomic E-state index is 0.113. The van der Waals surface area contributed by atoms with Crippen LogP contribution in [0.1, 0.15) is 24.2 Å². The number of anilines is 1. The number of aromatic carboxylic acids is 1. The number of halogens is 1. The van der Waals surface area contributed by atoms with E-state index >= 15 is 0 Å². The highest BCUT2D eigenvalue weighted by Gasteiger charge is 2.72. The Balaban J connectivity index is 2.00. The summed E-state index contributed by atoms with van der Waals surface area (Å²) < 4.78 is 13.3. The molecular formula is C14H12FNO4. The molecule has 5 nitrogen and oxygen atoms in total. The summed E-state index contributed by atoms with van der Waals surface area (Å²) in [7, 11) is 0. The number of benzene rings is 1. The molecule has 1 aromatic carbocycles. The number of carboxylic acid groups (broad SMARTS) is 1. The summed E-state index contributed by atoms with van der Waals surface area (Å²) in [6, 6.07) is 3.22. The zero-order valence-electron chi connectivity index (χ0n) is 10.9. The SMILES string of the molecule is CC1(C)C2C(=O)N(c3ccc(F)c(C(=O)O)c3)C(=O)C21. The van der Waals surface area contributed by atoms with Crippen LogP contribution >= 0.6 is 0 Å². The fourth-order valence-electron chi connectivity index (χ4n) is 3.02. The molecule has 1 aliphatic carbocycles. The van der Waals surface area contributed by atoms with Gasteiger partial charge in [-0.1, -0.05) is 13.8 Å². The third kappa shape index (κ3) is 1.44. The molecule has 1 aromatic rings. The summed E-state index contributed by atoms with van der Waals surface area (Å²) >= 11 is 0. The van der Waals surface area contributed by atoms with Gasteiger partial charge in [0.15, 0.2) is 0 Å². The van der Waals surface area contributed by atoms with Gasteiger partial charge in [-0.15, -0.1) is 0 Å². The molecule has 0 radical (unpaired) electrons. The molecule has 0 aromatic heterocycles. The normalized spacial score (nSPS) is 26.6. The third-order valence-corrected chi connectivity index (χ3v) is 4.24. The van der Waals surface area contributed by atoms with Crippen LogP contribution in [0.15, 0.2) is 18.2 Å². The fraction of sp³-hybridized carbons (Fsp3) is 0.357. The van der Waals surface area contributed by atoms with Crippen LogP contribution in [-0.4, -0.2) is 22.9 Å². The topological polar surface area (TPSA) is 74.7 Å². The van der Waals surface area contributed by atoms with Crippen LogP contribution in [0.25, 0.3) is 0 Å². The quantitative estimate of drug-likeness (QED) is 0.834. The van der Waals surface area contributed by atoms with Crippen molar-refractivity contribution in [1.82, 2.24) is 0 Å². The molecule has 2 atom stereocenters. The first kappa shape index (κ1) is 12.8. The monoisotopic (exact) mass is 277 g/mol. The van der Waals surface area contributed by atoms with Crippen LogP contribution in [0, 0.1) is 23.1 Å². The lowest BCUT2D eigenvalue weighted by molar-refractivity contribution is -0.125. The van der Waals surface area contributed by atoms with Crippen molar-refractivity contribution >= 4 is 23.5 Å². The number of carbonyl (C=O) groups is 3. The second-order valence-electron chi connectivity index (χ2n) is 5.76. The first-order chi connectivity index (χ1) is 9.26. The molecule has 2 fully saturated rings. The lowest BCUT2D eigenvalue weighted by Gasteiger charge is -2.20. The van der Waals surface area contributed by atoms with Gasteiger partial charge in [0.1, 0.15) is 5.82 Å². The van der Waals surface area contributed by atoms with E-state index in [1.54, 1.807) is 0 Å². The van der Waals surface area contributed by atoms with Crippen LogP contribution < -0.4 is 4.90 Å². The van der Waals surface area contributed by atoms with Gasteiger partial charge in [0.05, 0.1) is 23.1 Å². The third-order valence-electron chi connectivity index (χ3n) is 4.24. The average molecular weight is 277 g/mol. The van der Waals surface area contributed by atoms with Gasteiger partial charge in [-0.25, -0.2) is 14.1 Å². The van der Waals surface area contributed by atoms with E-state index < -0.39 is 17.3 Å². The van der Waals surface area contributed by atoms with Crippen molar-refractivity contribution in [1.29, 1.82) is 0 Å². The Morgan fingerprint density at radius 2 is 1.80 bits per heavy atom. The Morgan fingerprint density at radius 3 is 2.30 bits per heavy atom. The van der Waals surface area contributed by atoms with Crippen molar-refractivity contribution in [3.8, 4) is 0 Å². The molecule has 104 valence electrons. The van der Waals surface area contributed by atoms with Crippen LogP contribution in [0.2, 0.25) is 0 Å². The number of nitrogens with zero attached hydrogens (tertiary/aromatic N) is 1. The molecule has 2 amide bonds. The molecule has 20 heavy (non-hydrogen) atoms. The van der Waals surface area contributed by atoms with Gasteiger partial charge in [-0.2, -0.15) is 0 Å². The van der Waals surface area contributed by atoms with Crippen molar-refractivity contribution in [3.05, 3.63) is 29.6 Å². The molecule has 3 rings (SSSR count). The summed E-state index contributed by atoms with van der Waals surface area (Å²) in [5.74, 6) is -3.72. The molecular weight excluding hydrogens is 265 g/mol. The van der Waals surface area contributed by atoms with Gasteiger partial charge in [0, 0.05) is 0 Å². The van der Waals surface area contributed by atoms with E-state index in [0.29, 0.717) is 0 Å². The van der Waals surface area contributed by atoms with Crippen LogP contribution in [0.5, 0.6) is 0 Å². The highest BCUT2D eigenvalue weighted by atomic mass is 19.1. The van der Waals surface area contributed by atoms with Gasteiger partial charge in [0.2, 0.25) is 11.8 Å². The Kier molecular flexibility index (Phi) is 2.33. The zero-order valence-corrected chi connectivity index (χ0v) is 10.9. The maximum absolute atomic E-state index is 13.3. The Morgan fingerprint density at radius 1 is 1.25 bits per heavy atom. The number of carbonyl (C=O) groups excluding carboxylic acids is 2.